The summed E-state index contributed by atoms with van der Waals surface area (Å²) in [4.78, 5) is 31.5. The molecule has 5 nitrogen and oxygen atoms in total. The summed E-state index contributed by atoms with van der Waals surface area (Å²) in [7, 11) is 0. The van der Waals surface area contributed by atoms with Crippen LogP contribution in [0, 0.1) is 12.8 Å². The fraction of sp³-hybridized carbons (Fsp3) is 0.643. The second kappa shape index (κ2) is 6.35. The molecule has 1 N–H and O–H groups in total. The SMILES string of the molecule is CCC(C)C1NC(=O)CCN(Cc2ncc(C)s2)C1=O. The summed E-state index contributed by atoms with van der Waals surface area (Å²) in [6, 6.07) is -0.406. The van der Waals surface area contributed by atoms with Gasteiger partial charge in [-0.15, -0.1) is 11.3 Å². The first-order chi connectivity index (χ1) is 9.51. The van der Waals surface area contributed by atoms with E-state index in [9.17, 15) is 9.59 Å². The molecule has 0 saturated carbocycles. The van der Waals surface area contributed by atoms with Gasteiger partial charge in [0.15, 0.2) is 0 Å². The lowest BCUT2D eigenvalue weighted by Crippen LogP contribution is -2.48. The molecule has 2 unspecified atom stereocenters. The van der Waals surface area contributed by atoms with Crippen LogP contribution in [0.5, 0.6) is 0 Å². The van der Waals surface area contributed by atoms with E-state index in [-0.39, 0.29) is 17.7 Å². The van der Waals surface area contributed by atoms with E-state index in [2.05, 4.69) is 10.3 Å². The van der Waals surface area contributed by atoms with Gasteiger partial charge in [0.05, 0.1) is 6.54 Å². The third-order valence-corrected chi connectivity index (χ3v) is 4.61. The maximum atomic E-state index is 12.6. The number of rotatable bonds is 4. The van der Waals surface area contributed by atoms with Gasteiger partial charge in [0, 0.05) is 24.0 Å². The first-order valence-corrected chi connectivity index (χ1v) is 7.82. The molecule has 2 atom stereocenters. The van der Waals surface area contributed by atoms with Crippen molar-refractivity contribution in [1.29, 1.82) is 0 Å². The number of thiazole rings is 1. The van der Waals surface area contributed by atoms with Crippen LogP contribution in [0.1, 0.15) is 36.6 Å². The Morgan fingerprint density at radius 1 is 1.55 bits per heavy atom. The van der Waals surface area contributed by atoms with E-state index in [1.807, 2.05) is 27.0 Å². The molecule has 0 spiro atoms. The minimum Gasteiger partial charge on any atom is -0.344 e. The van der Waals surface area contributed by atoms with Crippen LogP contribution in [0.2, 0.25) is 0 Å². The van der Waals surface area contributed by atoms with Gasteiger partial charge in [-0.1, -0.05) is 20.3 Å². The average Bonchev–Trinajstić information content (AvgIpc) is 2.78. The molecule has 1 aromatic rings. The molecule has 0 aromatic carbocycles. The van der Waals surface area contributed by atoms with Crippen LogP contribution < -0.4 is 5.32 Å². The van der Waals surface area contributed by atoms with Crippen molar-refractivity contribution in [2.24, 2.45) is 5.92 Å². The van der Waals surface area contributed by atoms with Gasteiger partial charge >= 0.3 is 0 Å². The Kier molecular flexibility index (Phi) is 4.75. The minimum atomic E-state index is -0.406. The quantitative estimate of drug-likeness (QED) is 0.920. The predicted molar refractivity (Wildman–Crippen MR) is 78.3 cm³/mol. The molecular weight excluding hydrogens is 274 g/mol. The van der Waals surface area contributed by atoms with E-state index in [0.29, 0.717) is 19.5 Å². The van der Waals surface area contributed by atoms with E-state index < -0.39 is 6.04 Å². The molecule has 0 bridgehead atoms. The second-order valence-corrected chi connectivity index (χ2v) is 6.62. The number of hydrogen-bond donors (Lipinski definition) is 1. The van der Waals surface area contributed by atoms with Crippen LogP contribution in [0.25, 0.3) is 0 Å². The number of carbonyl (C=O) groups excluding carboxylic acids is 2. The number of nitrogens with zero attached hydrogens (tertiary/aromatic N) is 2. The molecule has 1 fully saturated rings. The lowest BCUT2D eigenvalue weighted by atomic mass is 9.98. The molecule has 20 heavy (non-hydrogen) atoms. The Morgan fingerprint density at radius 3 is 2.90 bits per heavy atom. The molecule has 2 amide bonds. The summed E-state index contributed by atoms with van der Waals surface area (Å²) in [5, 5.41) is 3.78. The van der Waals surface area contributed by atoms with E-state index in [1.54, 1.807) is 16.2 Å². The van der Waals surface area contributed by atoms with Crippen LogP contribution in [0.15, 0.2) is 6.20 Å². The predicted octanol–water partition coefficient (Wildman–Crippen LogP) is 1.71. The number of hydrogen-bond acceptors (Lipinski definition) is 4. The molecule has 1 aliphatic heterocycles. The first-order valence-electron chi connectivity index (χ1n) is 7.00. The molecule has 1 aliphatic rings. The zero-order chi connectivity index (χ0) is 14.7. The van der Waals surface area contributed by atoms with E-state index in [0.717, 1.165) is 16.3 Å². The van der Waals surface area contributed by atoms with Gasteiger partial charge in [-0.3, -0.25) is 9.59 Å². The van der Waals surface area contributed by atoms with Crippen LogP contribution in [-0.4, -0.2) is 34.3 Å². The maximum Gasteiger partial charge on any atom is 0.245 e. The van der Waals surface area contributed by atoms with Crippen molar-refractivity contribution >= 4 is 23.2 Å². The van der Waals surface area contributed by atoms with Crippen molar-refractivity contribution in [3.05, 3.63) is 16.1 Å². The molecule has 0 radical (unpaired) electrons. The molecule has 6 heteroatoms. The van der Waals surface area contributed by atoms with Crippen molar-refractivity contribution in [3.8, 4) is 0 Å². The van der Waals surface area contributed by atoms with Gasteiger partial charge in [0.2, 0.25) is 11.8 Å². The highest BCUT2D eigenvalue weighted by atomic mass is 32.1. The molecular formula is C14H21N3O2S. The van der Waals surface area contributed by atoms with Crippen LogP contribution in [-0.2, 0) is 16.1 Å². The largest absolute Gasteiger partial charge is 0.344 e. The number of aryl methyl sites for hydroxylation is 1. The Labute approximate surface area is 123 Å². The molecule has 1 aromatic heterocycles. The number of amides is 2. The lowest BCUT2D eigenvalue weighted by Gasteiger charge is -2.26. The van der Waals surface area contributed by atoms with E-state index in [4.69, 9.17) is 0 Å². The third-order valence-electron chi connectivity index (χ3n) is 3.71. The molecule has 2 rings (SSSR count). The van der Waals surface area contributed by atoms with Crippen molar-refractivity contribution in [2.45, 2.75) is 46.2 Å². The van der Waals surface area contributed by atoms with Gasteiger partial charge in [-0.2, -0.15) is 0 Å². The highest BCUT2D eigenvalue weighted by Crippen LogP contribution is 2.18. The second-order valence-electron chi connectivity index (χ2n) is 5.31. The van der Waals surface area contributed by atoms with Crippen molar-refractivity contribution in [2.75, 3.05) is 6.54 Å². The van der Waals surface area contributed by atoms with Crippen molar-refractivity contribution in [3.63, 3.8) is 0 Å². The number of carbonyl (C=O) groups is 2. The molecule has 2 heterocycles. The summed E-state index contributed by atoms with van der Waals surface area (Å²) < 4.78 is 0. The molecule has 0 aliphatic carbocycles. The highest BCUT2D eigenvalue weighted by Gasteiger charge is 2.33. The molecule has 1 saturated heterocycles. The van der Waals surface area contributed by atoms with Gasteiger partial charge < -0.3 is 10.2 Å². The van der Waals surface area contributed by atoms with Gasteiger partial charge in [-0.25, -0.2) is 4.98 Å². The Bertz CT molecular complexity index is 500. The van der Waals surface area contributed by atoms with Crippen LogP contribution in [0.3, 0.4) is 0 Å². The summed E-state index contributed by atoms with van der Waals surface area (Å²) >= 11 is 1.60. The van der Waals surface area contributed by atoms with Crippen molar-refractivity contribution < 1.29 is 9.59 Å². The van der Waals surface area contributed by atoms with Gasteiger partial charge in [0.25, 0.3) is 0 Å². The lowest BCUT2D eigenvalue weighted by molar-refractivity contribution is -0.135. The normalized spacial score (nSPS) is 21.6. The van der Waals surface area contributed by atoms with Gasteiger partial charge in [-0.05, 0) is 12.8 Å². The smallest absolute Gasteiger partial charge is 0.245 e. The Morgan fingerprint density at radius 2 is 2.30 bits per heavy atom. The van der Waals surface area contributed by atoms with E-state index in [1.165, 1.54) is 0 Å². The fourth-order valence-electron chi connectivity index (χ4n) is 2.27. The average molecular weight is 295 g/mol. The monoisotopic (exact) mass is 295 g/mol. The summed E-state index contributed by atoms with van der Waals surface area (Å²) in [6.45, 7) is 7.00. The zero-order valence-electron chi connectivity index (χ0n) is 12.2. The van der Waals surface area contributed by atoms with Crippen LogP contribution >= 0.6 is 11.3 Å². The Balaban J connectivity index is 2.14. The number of nitrogens with one attached hydrogen (secondary N) is 1. The van der Waals surface area contributed by atoms with E-state index >= 15 is 0 Å². The standard InChI is InChI=1S/C14H21N3O2S/c1-4-9(2)13-14(19)17(6-5-11(18)16-13)8-12-15-7-10(3)20-12/h7,9,13H,4-6,8H2,1-3H3,(H,16,18). The maximum absolute atomic E-state index is 12.6. The first kappa shape index (κ1) is 15.0. The highest BCUT2D eigenvalue weighted by molar-refractivity contribution is 7.11. The topological polar surface area (TPSA) is 62.3 Å². The van der Waals surface area contributed by atoms with Gasteiger partial charge in [0.1, 0.15) is 11.0 Å². The number of aromatic nitrogens is 1. The zero-order valence-corrected chi connectivity index (χ0v) is 13.0. The Hall–Kier alpha value is -1.43. The third kappa shape index (κ3) is 3.36. The fourth-order valence-corrected chi connectivity index (χ4v) is 3.07. The summed E-state index contributed by atoms with van der Waals surface area (Å²) in [5.41, 5.74) is 0. The van der Waals surface area contributed by atoms with Crippen LogP contribution in [0.4, 0.5) is 0 Å². The minimum absolute atomic E-state index is 0.0121. The summed E-state index contributed by atoms with van der Waals surface area (Å²) in [6.07, 6.45) is 3.04. The van der Waals surface area contributed by atoms with Crippen molar-refractivity contribution in [1.82, 2.24) is 15.2 Å². The summed E-state index contributed by atoms with van der Waals surface area (Å²) in [5.74, 6) is 0.115. The molecule has 110 valence electrons.